The Morgan fingerprint density at radius 2 is 2.48 bits per heavy atom. The van der Waals surface area contributed by atoms with Crippen LogP contribution in [0.15, 0.2) is 11.4 Å². The van der Waals surface area contributed by atoms with Gasteiger partial charge in [0.15, 0.2) is 0 Å². The lowest BCUT2D eigenvalue weighted by Crippen LogP contribution is -2.37. The zero-order chi connectivity index (χ0) is 15.1. The number of hydrogen-bond acceptors (Lipinski definition) is 5. The third-order valence-corrected chi connectivity index (χ3v) is 4.70. The summed E-state index contributed by atoms with van der Waals surface area (Å²) in [4.78, 5) is 14.3. The summed E-state index contributed by atoms with van der Waals surface area (Å²) in [7, 11) is 0. The first kappa shape index (κ1) is 16.0. The molecule has 1 fully saturated rings. The molecule has 0 spiro atoms. The fourth-order valence-electron chi connectivity index (χ4n) is 2.77. The van der Waals surface area contributed by atoms with E-state index in [0.29, 0.717) is 22.9 Å². The number of likely N-dealkylation sites (tertiary alicyclic amines) is 1. The van der Waals surface area contributed by atoms with E-state index in [1.54, 1.807) is 6.07 Å². The number of nitrogens with zero attached hydrogens (tertiary/aromatic N) is 2. The highest BCUT2D eigenvalue weighted by molar-refractivity contribution is 7.14. The number of amides is 1. The van der Waals surface area contributed by atoms with Crippen LogP contribution in [-0.4, -0.2) is 37.0 Å². The van der Waals surface area contributed by atoms with Crippen LogP contribution in [0.4, 0.5) is 5.00 Å². The highest BCUT2D eigenvalue weighted by atomic mass is 32.1. The number of nitrogens with two attached hydrogens (primary N) is 1. The Bertz CT molecular complexity index is 506. The van der Waals surface area contributed by atoms with Gasteiger partial charge >= 0.3 is 0 Å². The van der Waals surface area contributed by atoms with Crippen LogP contribution in [0.2, 0.25) is 0 Å². The van der Waals surface area contributed by atoms with Gasteiger partial charge in [0, 0.05) is 19.5 Å². The molecule has 0 bridgehead atoms. The molecule has 2 rings (SSSR count). The van der Waals surface area contributed by atoms with Crippen molar-refractivity contribution in [2.75, 3.05) is 31.5 Å². The summed E-state index contributed by atoms with van der Waals surface area (Å²) in [6, 6.07) is 3.80. The Labute approximate surface area is 129 Å². The van der Waals surface area contributed by atoms with Crippen LogP contribution in [-0.2, 0) is 4.79 Å². The van der Waals surface area contributed by atoms with E-state index in [4.69, 9.17) is 11.0 Å². The molecule has 3 N–H and O–H groups in total. The van der Waals surface area contributed by atoms with Crippen molar-refractivity contribution >= 4 is 22.2 Å². The minimum atomic E-state index is -0.0186. The zero-order valence-corrected chi connectivity index (χ0v) is 13.0. The van der Waals surface area contributed by atoms with E-state index in [1.165, 1.54) is 24.2 Å². The summed E-state index contributed by atoms with van der Waals surface area (Å²) in [5.41, 5.74) is 6.16. The normalized spacial score (nSPS) is 19.1. The first-order valence-corrected chi connectivity index (χ1v) is 8.30. The molecule has 1 unspecified atom stereocenters. The van der Waals surface area contributed by atoms with Gasteiger partial charge in [-0.05, 0) is 49.7 Å². The van der Waals surface area contributed by atoms with Crippen LogP contribution in [0.5, 0.6) is 0 Å². The molecule has 1 saturated heterocycles. The van der Waals surface area contributed by atoms with Crippen molar-refractivity contribution in [2.24, 2.45) is 11.7 Å². The minimum absolute atomic E-state index is 0.0186. The second-order valence-corrected chi connectivity index (χ2v) is 6.38. The van der Waals surface area contributed by atoms with Gasteiger partial charge in [-0.15, -0.1) is 11.3 Å². The molecule has 0 aliphatic carbocycles. The summed E-state index contributed by atoms with van der Waals surface area (Å²) in [5.74, 6) is 0.657. The van der Waals surface area contributed by atoms with E-state index in [-0.39, 0.29) is 5.91 Å². The number of piperidine rings is 1. The Morgan fingerprint density at radius 1 is 1.62 bits per heavy atom. The van der Waals surface area contributed by atoms with Gasteiger partial charge in [-0.2, -0.15) is 5.26 Å². The fraction of sp³-hybridized carbons (Fsp3) is 0.600. The monoisotopic (exact) mass is 306 g/mol. The highest BCUT2D eigenvalue weighted by Gasteiger charge is 2.19. The fourth-order valence-corrected chi connectivity index (χ4v) is 3.52. The lowest BCUT2D eigenvalue weighted by atomic mass is 9.95. The van der Waals surface area contributed by atoms with E-state index < -0.39 is 0 Å². The van der Waals surface area contributed by atoms with Gasteiger partial charge in [-0.25, -0.2) is 0 Å². The van der Waals surface area contributed by atoms with Crippen LogP contribution < -0.4 is 11.1 Å². The SMILES string of the molecule is N#Cc1ccsc1NC(=O)CCN1CCCC(CCN)C1. The van der Waals surface area contributed by atoms with Crippen molar-refractivity contribution in [3.05, 3.63) is 17.0 Å². The molecule has 1 atom stereocenters. The molecule has 2 heterocycles. The van der Waals surface area contributed by atoms with Gasteiger partial charge < -0.3 is 16.0 Å². The summed E-state index contributed by atoms with van der Waals surface area (Å²) in [5, 5.41) is 14.2. The summed E-state index contributed by atoms with van der Waals surface area (Å²) < 4.78 is 0. The van der Waals surface area contributed by atoms with Crippen molar-refractivity contribution in [3.63, 3.8) is 0 Å². The first-order valence-electron chi connectivity index (χ1n) is 7.42. The molecule has 0 saturated carbocycles. The highest BCUT2D eigenvalue weighted by Crippen LogP contribution is 2.22. The van der Waals surface area contributed by atoms with E-state index in [0.717, 1.165) is 32.6 Å². The number of anilines is 1. The van der Waals surface area contributed by atoms with Crippen molar-refractivity contribution in [3.8, 4) is 6.07 Å². The zero-order valence-electron chi connectivity index (χ0n) is 12.2. The molecule has 21 heavy (non-hydrogen) atoms. The van der Waals surface area contributed by atoms with Gasteiger partial charge in [0.05, 0.1) is 5.56 Å². The summed E-state index contributed by atoms with van der Waals surface area (Å²) in [6.45, 7) is 3.64. The quantitative estimate of drug-likeness (QED) is 0.842. The molecule has 1 aliphatic rings. The standard InChI is InChI=1S/C15H22N4OS/c16-6-3-12-2-1-7-19(11-12)8-4-14(20)18-15-13(10-17)5-9-21-15/h5,9,12H,1-4,6-8,11,16H2,(H,18,20). The van der Waals surface area contributed by atoms with Crippen molar-refractivity contribution < 1.29 is 4.79 Å². The van der Waals surface area contributed by atoms with Gasteiger partial charge in [-0.1, -0.05) is 0 Å². The van der Waals surface area contributed by atoms with Gasteiger partial charge in [-0.3, -0.25) is 4.79 Å². The number of rotatable bonds is 6. The van der Waals surface area contributed by atoms with Crippen molar-refractivity contribution in [1.82, 2.24) is 4.90 Å². The lowest BCUT2D eigenvalue weighted by molar-refractivity contribution is -0.116. The van der Waals surface area contributed by atoms with E-state index in [9.17, 15) is 4.79 Å². The smallest absolute Gasteiger partial charge is 0.226 e. The molecule has 5 nitrogen and oxygen atoms in total. The van der Waals surface area contributed by atoms with E-state index in [2.05, 4.69) is 16.3 Å². The maximum absolute atomic E-state index is 12.0. The number of nitrogens with one attached hydrogen (secondary N) is 1. The number of carbonyl (C=O) groups excluding carboxylic acids is 1. The Hall–Kier alpha value is -1.42. The Balaban J connectivity index is 1.75. The Kier molecular flexibility index (Phi) is 6.18. The van der Waals surface area contributed by atoms with E-state index in [1.807, 2.05) is 5.38 Å². The molecule has 1 aromatic heterocycles. The third kappa shape index (κ3) is 4.81. The number of hydrogen-bond donors (Lipinski definition) is 2. The van der Waals surface area contributed by atoms with Gasteiger partial charge in [0.2, 0.25) is 5.91 Å². The third-order valence-electron chi connectivity index (χ3n) is 3.87. The second kappa shape index (κ2) is 8.13. The van der Waals surface area contributed by atoms with Crippen molar-refractivity contribution in [2.45, 2.75) is 25.7 Å². The number of thiophene rings is 1. The molecule has 114 valence electrons. The van der Waals surface area contributed by atoms with Crippen LogP contribution in [0.1, 0.15) is 31.2 Å². The average molecular weight is 306 g/mol. The van der Waals surface area contributed by atoms with Crippen LogP contribution in [0, 0.1) is 17.2 Å². The molecule has 0 radical (unpaired) electrons. The number of nitriles is 1. The van der Waals surface area contributed by atoms with Crippen LogP contribution in [0.25, 0.3) is 0 Å². The second-order valence-electron chi connectivity index (χ2n) is 5.46. The lowest BCUT2D eigenvalue weighted by Gasteiger charge is -2.32. The summed E-state index contributed by atoms with van der Waals surface area (Å²) >= 11 is 1.39. The topological polar surface area (TPSA) is 82.2 Å². The summed E-state index contributed by atoms with van der Waals surface area (Å²) in [6.07, 6.45) is 3.98. The number of carbonyl (C=O) groups is 1. The molecule has 1 amide bonds. The van der Waals surface area contributed by atoms with Crippen LogP contribution in [0.3, 0.4) is 0 Å². The maximum atomic E-state index is 12.0. The average Bonchev–Trinajstić information content (AvgIpc) is 2.93. The molecule has 6 heteroatoms. The van der Waals surface area contributed by atoms with Crippen LogP contribution >= 0.6 is 11.3 Å². The molecular weight excluding hydrogens is 284 g/mol. The maximum Gasteiger partial charge on any atom is 0.226 e. The van der Waals surface area contributed by atoms with Gasteiger partial charge in [0.25, 0.3) is 0 Å². The predicted molar refractivity (Wildman–Crippen MR) is 85.1 cm³/mol. The van der Waals surface area contributed by atoms with Gasteiger partial charge in [0.1, 0.15) is 11.1 Å². The molecule has 1 aromatic rings. The van der Waals surface area contributed by atoms with E-state index >= 15 is 0 Å². The molecule has 0 aromatic carbocycles. The molecular formula is C15H22N4OS. The van der Waals surface area contributed by atoms with Crippen molar-refractivity contribution in [1.29, 1.82) is 5.26 Å². The Morgan fingerprint density at radius 3 is 3.24 bits per heavy atom. The first-order chi connectivity index (χ1) is 10.2. The minimum Gasteiger partial charge on any atom is -0.330 e. The predicted octanol–water partition coefficient (Wildman–Crippen LogP) is 2.01. The molecule has 1 aliphatic heterocycles. The largest absolute Gasteiger partial charge is 0.330 e.